The molecule has 68 valence electrons. The van der Waals surface area contributed by atoms with Crippen molar-refractivity contribution in [2.45, 2.75) is 6.92 Å². The molecule has 0 atom stereocenters. The first-order chi connectivity index (χ1) is 5.61. The van der Waals surface area contributed by atoms with E-state index in [4.69, 9.17) is 0 Å². The molecule has 0 spiro atoms. The van der Waals surface area contributed by atoms with Gasteiger partial charge in [-0.25, -0.2) is 0 Å². The molecule has 1 fully saturated rings. The van der Waals surface area contributed by atoms with E-state index in [1.807, 2.05) is 0 Å². The molecule has 1 rings (SSSR count). The molecule has 0 saturated carbocycles. The Kier molecular flexibility index (Phi) is 3.17. The monoisotopic (exact) mass is 187 g/mol. The molecule has 12 heavy (non-hydrogen) atoms. The van der Waals surface area contributed by atoms with Crippen LogP contribution in [0.15, 0.2) is 12.2 Å². The topological polar surface area (TPSA) is 43.4 Å². The minimum atomic E-state index is -0.714. The molecular formula is C8H13NO2S. The zero-order chi connectivity index (χ0) is 9.14. The van der Waals surface area contributed by atoms with Gasteiger partial charge in [0.1, 0.15) is 11.5 Å². The Labute approximate surface area is 75.6 Å². The van der Waals surface area contributed by atoms with Crippen LogP contribution in [-0.4, -0.2) is 40.0 Å². The second-order valence-corrected chi connectivity index (χ2v) is 4.62. The first-order valence-electron chi connectivity index (χ1n) is 3.91. The van der Waals surface area contributed by atoms with E-state index in [1.165, 1.54) is 0 Å². The summed E-state index contributed by atoms with van der Waals surface area (Å²) in [6.45, 7) is 6.50. The van der Waals surface area contributed by atoms with Crippen LogP contribution in [0.5, 0.6) is 0 Å². The predicted octanol–water partition coefficient (Wildman–Crippen LogP) is 0.153. The van der Waals surface area contributed by atoms with E-state index in [2.05, 4.69) is 6.58 Å². The van der Waals surface area contributed by atoms with Crippen molar-refractivity contribution in [1.82, 2.24) is 4.90 Å². The molecule has 0 aromatic heterocycles. The first kappa shape index (κ1) is 9.61. The molecule has 1 heterocycles. The molecule has 0 aromatic carbocycles. The lowest BCUT2D eigenvalue weighted by molar-refractivity contribution is -0.126. The molecule has 3 nitrogen and oxygen atoms in total. The van der Waals surface area contributed by atoms with Crippen molar-refractivity contribution in [2.75, 3.05) is 24.6 Å². The van der Waals surface area contributed by atoms with E-state index < -0.39 is 11.2 Å². The fraction of sp³-hybridized carbons (Fsp3) is 0.625. The van der Waals surface area contributed by atoms with Crippen LogP contribution in [0.3, 0.4) is 0 Å². The summed E-state index contributed by atoms with van der Waals surface area (Å²) in [6, 6.07) is 0. The number of carbonyl (C=O) groups is 1. The Balaban J connectivity index is 2.44. The van der Waals surface area contributed by atoms with Gasteiger partial charge in [0, 0.05) is 5.57 Å². The number of hydrogen-bond acceptors (Lipinski definition) is 2. The van der Waals surface area contributed by atoms with Gasteiger partial charge in [-0.05, 0) is 6.92 Å². The van der Waals surface area contributed by atoms with E-state index in [0.717, 1.165) is 0 Å². The summed E-state index contributed by atoms with van der Waals surface area (Å²) in [4.78, 5) is 13.0. The van der Waals surface area contributed by atoms with Gasteiger partial charge in [-0.2, -0.15) is 0 Å². The second-order valence-electron chi connectivity index (χ2n) is 2.92. The third-order valence-corrected chi connectivity index (χ3v) is 3.11. The molecule has 1 aliphatic heterocycles. The highest BCUT2D eigenvalue weighted by Gasteiger charge is 2.23. The summed E-state index contributed by atoms with van der Waals surface area (Å²) in [6.07, 6.45) is 0. The lowest BCUT2D eigenvalue weighted by atomic mass is 10.3. The quantitative estimate of drug-likeness (QED) is 0.433. The van der Waals surface area contributed by atoms with Crippen molar-refractivity contribution < 1.29 is 9.35 Å². The standard InChI is InChI=1S/C8H13NO2S/c1-7(2)8(10)9-3-5-12(11)6-4-9/h1,3-6H2,2H3. The molecular weight excluding hydrogens is 174 g/mol. The summed E-state index contributed by atoms with van der Waals surface area (Å²) in [5.41, 5.74) is 0.558. The Morgan fingerprint density at radius 2 is 2.00 bits per heavy atom. The van der Waals surface area contributed by atoms with Crippen molar-refractivity contribution in [3.8, 4) is 0 Å². The van der Waals surface area contributed by atoms with E-state index in [0.29, 0.717) is 30.2 Å². The molecule has 0 N–H and O–H groups in total. The van der Waals surface area contributed by atoms with Crippen LogP contribution in [-0.2, 0) is 16.0 Å². The largest absolute Gasteiger partial charge is 0.616 e. The maximum absolute atomic E-state index is 11.3. The van der Waals surface area contributed by atoms with Gasteiger partial charge >= 0.3 is 0 Å². The van der Waals surface area contributed by atoms with Gasteiger partial charge in [0.2, 0.25) is 5.91 Å². The highest BCUT2D eigenvalue weighted by molar-refractivity contribution is 7.91. The van der Waals surface area contributed by atoms with Crippen LogP contribution in [0, 0.1) is 0 Å². The van der Waals surface area contributed by atoms with Gasteiger partial charge in [-0.3, -0.25) is 4.79 Å². The smallest absolute Gasteiger partial charge is 0.249 e. The van der Waals surface area contributed by atoms with Crippen LogP contribution in [0.25, 0.3) is 0 Å². The fourth-order valence-corrected chi connectivity index (χ4v) is 2.16. The van der Waals surface area contributed by atoms with Crippen molar-refractivity contribution in [2.24, 2.45) is 0 Å². The average Bonchev–Trinajstić information content (AvgIpc) is 2.04. The van der Waals surface area contributed by atoms with Gasteiger partial charge in [0.05, 0.1) is 13.1 Å². The molecule has 0 aromatic rings. The van der Waals surface area contributed by atoms with E-state index in [-0.39, 0.29) is 5.91 Å². The molecule has 0 bridgehead atoms. The lowest BCUT2D eigenvalue weighted by Gasteiger charge is -2.28. The fourth-order valence-electron chi connectivity index (χ4n) is 1.11. The first-order valence-corrected chi connectivity index (χ1v) is 5.40. The molecule has 1 amide bonds. The Hall–Kier alpha value is -0.480. The summed E-state index contributed by atoms with van der Waals surface area (Å²) >= 11 is -0.714. The van der Waals surface area contributed by atoms with Crippen LogP contribution in [0.2, 0.25) is 0 Å². The number of nitrogens with zero attached hydrogens (tertiary/aromatic N) is 1. The maximum atomic E-state index is 11.3. The number of rotatable bonds is 1. The minimum Gasteiger partial charge on any atom is -0.616 e. The van der Waals surface area contributed by atoms with Crippen molar-refractivity contribution in [1.29, 1.82) is 0 Å². The molecule has 0 radical (unpaired) electrons. The molecule has 0 aliphatic carbocycles. The van der Waals surface area contributed by atoms with Crippen molar-refractivity contribution >= 4 is 17.1 Å². The van der Waals surface area contributed by atoms with Crippen LogP contribution >= 0.6 is 0 Å². The summed E-state index contributed by atoms with van der Waals surface area (Å²) in [5, 5.41) is 0. The Bertz CT molecular complexity index is 197. The lowest BCUT2D eigenvalue weighted by Crippen LogP contribution is -2.43. The van der Waals surface area contributed by atoms with Crippen LogP contribution < -0.4 is 0 Å². The van der Waals surface area contributed by atoms with Crippen LogP contribution in [0.1, 0.15) is 6.92 Å². The maximum Gasteiger partial charge on any atom is 0.249 e. The Morgan fingerprint density at radius 1 is 1.50 bits per heavy atom. The highest BCUT2D eigenvalue weighted by Crippen LogP contribution is 2.06. The second kappa shape index (κ2) is 3.96. The average molecular weight is 187 g/mol. The normalized spacial score (nSPS) is 19.3. The molecule has 1 aliphatic rings. The molecule has 0 unspecified atom stereocenters. The van der Waals surface area contributed by atoms with Gasteiger partial charge in [-0.1, -0.05) is 17.8 Å². The molecule has 1 saturated heterocycles. The predicted molar refractivity (Wildman–Crippen MR) is 49.3 cm³/mol. The van der Waals surface area contributed by atoms with Gasteiger partial charge < -0.3 is 9.45 Å². The highest BCUT2D eigenvalue weighted by atomic mass is 32.2. The van der Waals surface area contributed by atoms with Crippen molar-refractivity contribution in [3.63, 3.8) is 0 Å². The Morgan fingerprint density at radius 3 is 2.42 bits per heavy atom. The van der Waals surface area contributed by atoms with Gasteiger partial charge in [0.15, 0.2) is 0 Å². The summed E-state index contributed by atoms with van der Waals surface area (Å²) in [5.74, 6) is 1.21. The van der Waals surface area contributed by atoms with E-state index in [9.17, 15) is 9.35 Å². The molecule has 4 heteroatoms. The van der Waals surface area contributed by atoms with E-state index >= 15 is 0 Å². The van der Waals surface area contributed by atoms with Gasteiger partial charge in [-0.15, -0.1) is 0 Å². The number of carbonyl (C=O) groups excluding carboxylic acids is 1. The van der Waals surface area contributed by atoms with E-state index in [1.54, 1.807) is 11.8 Å². The van der Waals surface area contributed by atoms with Crippen molar-refractivity contribution in [3.05, 3.63) is 12.2 Å². The SMILES string of the molecule is C=C(C)C(=O)N1CC[S+]([O-])CC1. The number of amides is 1. The van der Waals surface area contributed by atoms with Crippen LogP contribution in [0.4, 0.5) is 0 Å². The summed E-state index contributed by atoms with van der Waals surface area (Å²) in [7, 11) is 0. The number of hydrogen-bond donors (Lipinski definition) is 0. The summed E-state index contributed by atoms with van der Waals surface area (Å²) < 4.78 is 11.0. The third kappa shape index (κ3) is 2.25. The third-order valence-electron chi connectivity index (χ3n) is 1.83. The zero-order valence-corrected chi connectivity index (χ0v) is 8.02. The zero-order valence-electron chi connectivity index (χ0n) is 7.21. The minimum absolute atomic E-state index is 0.00769. The van der Waals surface area contributed by atoms with Gasteiger partial charge in [0.25, 0.3) is 0 Å².